The first-order valence-electron chi connectivity index (χ1n) is 7.52. The predicted octanol–water partition coefficient (Wildman–Crippen LogP) is 2.46. The second-order valence-electron chi connectivity index (χ2n) is 5.45. The Morgan fingerprint density at radius 1 is 1.45 bits per heavy atom. The van der Waals surface area contributed by atoms with E-state index in [0.29, 0.717) is 6.42 Å². The molecule has 1 rings (SSSR count). The van der Waals surface area contributed by atoms with Crippen molar-refractivity contribution in [2.45, 2.75) is 65.0 Å². The third kappa shape index (κ3) is 4.63. The number of aliphatic carboxylic acids is 1. The lowest BCUT2D eigenvalue weighted by Crippen LogP contribution is -2.49. The van der Waals surface area contributed by atoms with E-state index in [1.165, 1.54) is 0 Å². The summed E-state index contributed by atoms with van der Waals surface area (Å²) in [7, 11) is 0. The van der Waals surface area contributed by atoms with Crippen LogP contribution >= 0.6 is 0 Å². The maximum absolute atomic E-state index is 11.4. The lowest BCUT2D eigenvalue weighted by Gasteiger charge is -2.26. The molecule has 0 radical (unpaired) electrons. The molecule has 5 nitrogen and oxygen atoms in total. The highest BCUT2D eigenvalue weighted by molar-refractivity contribution is 5.78. The van der Waals surface area contributed by atoms with Crippen molar-refractivity contribution >= 4 is 5.97 Å². The summed E-state index contributed by atoms with van der Waals surface area (Å²) in [5, 5.41) is 12.5. The van der Waals surface area contributed by atoms with Gasteiger partial charge in [-0.3, -0.25) is 4.79 Å². The molecular formula is C15H27N3O2. The van der Waals surface area contributed by atoms with Gasteiger partial charge >= 0.3 is 5.97 Å². The molecule has 0 saturated heterocycles. The molecule has 0 aliphatic heterocycles. The maximum atomic E-state index is 11.4. The lowest BCUT2D eigenvalue weighted by atomic mass is 9.95. The average Bonchev–Trinajstić information content (AvgIpc) is 2.84. The highest BCUT2D eigenvalue weighted by Gasteiger charge is 2.31. The first-order chi connectivity index (χ1) is 9.53. The second kappa shape index (κ2) is 8.04. The van der Waals surface area contributed by atoms with E-state index in [1.54, 1.807) is 6.92 Å². The lowest BCUT2D eigenvalue weighted by molar-refractivity contribution is -0.144. The van der Waals surface area contributed by atoms with Crippen LogP contribution in [0, 0.1) is 0 Å². The van der Waals surface area contributed by atoms with Gasteiger partial charge in [0.05, 0.1) is 0 Å². The van der Waals surface area contributed by atoms with Crippen molar-refractivity contribution in [2.24, 2.45) is 0 Å². The van der Waals surface area contributed by atoms with E-state index in [2.05, 4.69) is 21.8 Å². The van der Waals surface area contributed by atoms with E-state index in [0.717, 1.165) is 44.6 Å². The second-order valence-corrected chi connectivity index (χ2v) is 5.45. The number of carboxylic acid groups (broad SMARTS) is 1. The van der Waals surface area contributed by atoms with E-state index in [4.69, 9.17) is 0 Å². The summed E-state index contributed by atoms with van der Waals surface area (Å²) < 4.78 is 2.13. The number of hydrogen-bond acceptors (Lipinski definition) is 3. The Labute approximate surface area is 121 Å². The molecule has 0 saturated carbocycles. The zero-order valence-electron chi connectivity index (χ0n) is 12.9. The van der Waals surface area contributed by atoms with Crippen LogP contribution in [0.25, 0.3) is 0 Å². The van der Waals surface area contributed by atoms with Gasteiger partial charge in [-0.1, -0.05) is 13.8 Å². The van der Waals surface area contributed by atoms with Crippen LogP contribution in [0.5, 0.6) is 0 Å². The number of rotatable bonds is 10. The normalized spacial score (nSPS) is 14.2. The number of nitrogens with one attached hydrogen (secondary N) is 1. The van der Waals surface area contributed by atoms with Crippen LogP contribution < -0.4 is 5.32 Å². The molecule has 0 aliphatic carbocycles. The number of carbonyl (C=O) groups is 1. The first-order valence-corrected chi connectivity index (χ1v) is 7.52. The number of imidazole rings is 1. The van der Waals surface area contributed by atoms with Crippen molar-refractivity contribution in [1.29, 1.82) is 0 Å². The number of aryl methyl sites for hydroxylation is 2. The molecule has 1 aromatic heterocycles. The molecule has 20 heavy (non-hydrogen) atoms. The molecule has 114 valence electrons. The van der Waals surface area contributed by atoms with Gasteiger partial charge in [0.1, 0.15) is 11.4 Å². The molecule has 1 aromatic rings. The average molecular weight is 281 g/mol. The van der Waals surface area contributed by atoms with Gasteiger partial charge in [-0.25, -0.2) is 4.98 Å². The quantitative estimate of drug-likeness (QED) is 0.691. The fourth-order valence-corrected chi connectivity index (χ4v) is 2.27. The molecule has 0 spiro atoms. The summed E-state index contributed by atoms with van der Waals surface area (Å²) in [5.41, 5.74) is -0.832. The fourth-order valence-electron chi connectivity index (χ4n) is 2.27. The molecule has 1 atom stereocenters. The Morgan fingerprint density at radius 2 is 2.20 bits per heavy atom. The van der Waals surface area contributed by atoms with Crippen molar-refractivity contribution in [3.63, 3.8) is 0 Å². The maximum Gasteiger partial charge on any atom is 0.323 e. The summed E-state index contributed by atoms with van der Waals surface area (Å²) in [4.78, 5) is 15.7. The van der Waals surface area contributed by atoms with Crippen LogP contribution in [0.15, 0.2) is 12.4 Å². The van der Waals surface area contributed by atoms with E-state index in [-0.39, 0.29) is 0 Å². The van der Waals surface area contributed by atoms with Crippen LogP contribution in [-0.2, 0) is 17.8 Å². The summed E-state index contributed by atoms with van der Waals surface area (Å²) >= 11 is 0. The Bertz CT molecular complexity index is 417. The summed E-state index contributed by atoms with van der Waals surface area (Å²) in [6, 6.07) is 0. The number of nitrogens with zero attached hydrogens (tertiary/aromatic N) is 2. The van der Waals surface area contributed by atoms with E-state index in [9.17, 15) is 9.90 Å². The number of carboxylic acids is 1. The van der Waals surface area contributed by atoms with Gasteiger partial charge in [0, 0.05) is 25.4 Å². The topological polar surface area (TPSA) is 67.2 Å². The standard InChI is InChI=1S/C15H27N3O2/c1-4-7-13-16-10-12-18(13)11-6-8-15(3,14(19)20)17-9-5-2/h10,12,17H,4-9,11H2,1-3H3,(H,19,20). The Hall–Kier alpha value is -1.36. The van der Waals surface area contributed by atoms with Gasteiger partial charge in [0.2, 0.25) is 0 Å². The van der Waals surface area contributed by atoms with E-state index >= 15 is 0 Å². The molecule has 0 bridgehead atoms. The van der Waals surface area contributed by atoms with Gasteiger partial charge in [0.25, 0.3) is 0 Å². The van der Waals surface area contributed by atoms with Gasteiger partial charge in [-0.05, 0) is 39.2 Å². The van der Waals surface area contributed by atoms with Crippen molar-refractivity contribution in [2.75, 3.05) is 6.54 Å². The van der Waals surface area contributed by atoms with Gasteiger partial charge < -0.3 is 15.0 Å². The number of aromatic nitrogens is 2. The third-order valence-electron chi connectivity index (χ3n) is 3.59. The molecule has 0 aromatic carbocycles. The summed E-state index contributed by atoms with van der Waals surface area (Å²) in [5.74, 6) is 0.316. The molecule has 2 N–H and O–H groups in total. The molecule has 0 amide bonds. The third-order valence-corrected chi connectivity index (χ3v) is 3.59. The Morgan fingerprint density at radius 3 is 2.80 bits per heavy atom. The van der Waals surface area contributed by atoms with Crippen molar-refractivity contribution < 1.29 is 9.90 Å². The first kappa shape index (κ1) is 16.7. The highest BCUT2D eigenvalue weighted by atomic mass is 16.4. The van der Waals surface area contributed by atoms with E-state index in [1.807, 2.05) is 19.3 Å². The molecule has 5 heteroatoms. The molecule has 1 unspecified atom stereocenters. The Balaban J connectivity index is 2.51. The Kier molecular flexibility index (Phi) is 6.71. The summed E-state index contributed by atoms with van der Waals surface area (Å²) in [6.07, 6.45) is 8.21. The molecule has 1 heterocycles. The highest BCUT2D eigenvalue weighted by Crippen LogP contribution is 2.14. The van der Waals surface area contributed by atoms with Gasteiger partial charge in [0.15, 0.2) is 0 Å². The van der Waals surface area contributed by atoms with Crippen LogP contribution in [0.3, 0.4) is 0 Å². The molecule has 0 fully saturated rings. The van der Waals surface area contributed by atoms with Crippen molar-refractivity contribution in [1.82, 2.24) is 14.9 Å². The van der Waals surface area contributed by atoms with Gasteiger partial charge in [-0.2, -0.15) is 0 Å². The van der Waals surface area contributed by atoms with Crippen LogP contribution in [0.4, 0.5) is 0 Å². The van der Waals surface area contributed by atoms with Gasteiger partial charge in [-0.15, -0.1) is 0 Å². The van der Waals surface area contributed by atoms with Crippen molar-refractivity contribution in [3.05, 3.63) is 18.2 Å². The minimum Gasteiger partial charge on any atom is -0.480 e. The van der Waals surface area contributed by atoms with Crippen LogP contribution in [-0.4, -0.2) is 32.7 Å². The smallest absolute Gasteiger partial charge is 0.323 e. The minimum atomic E-state index is -0.832. The van der Waals surface area contributed by atoms with Crippen LogP contribution in [0.2, 0.25) is 0 Å². The zero-order valence-corrected chi connectivity index (χ0v) is 12.9. The van der Waals surface area contributed by atoms with Crippen LogP contribution in [0.1, 0.15) is 52.3 Å². The number of hydrogen-bond donors (Lipinski definition) is 2. The SMILES string of the molecule is CCCNC(C)(CCCn1ccnc1CCC)C(=O)O. The zero-order chi connectivity index (χ0) is 15.0. The summed E-state index contributed by atoms with van der Waals surface area (Å²) in [6.45, 7) is 7.50. The van der Waals surface area contributed by atoms with E-state index < -0.39 is 11.5 Å². The molecular weight excluding hydrogens is 254 g/mol. The monoisotopic (exact) mass is 281 g/mol. The van der Waals surface area contributed by atoms with Crippen molar-refractivity contribution in [3.8, 4) is 0 Å². The molecule has 0 aliphatic rings. The predicted molar refractivity (Wildman–Crippen MR) is 79.8 cm³/mol. The largest absolute Gasteiger partial charge is 0.480 e. The minimum absolute atomic E-state index is 0.617. The fraction of sp³-hybridized carbons (Fsp3) is 0.733.